The van der Waals surface area contributed by atoms with Crippen LogP contribution in [0.2, 0.25) is 0 Å². The van der Waals surface area contributed by atoms with E-state index < -0.39 is 5.54 Å². The molecule has 0 aliphatic carbocycles. The molecular weight excluding hydrogens is 362 g/mol. The van der Waals surface area contributed by atoms with E-state index in [1.807, 2.05) is 36.6 Å². The first-order valence-corrected chi connectivity index (χ1v) is 8.82. The molecule has 4 nitrogen and oxygen atoms in total. The zero-order chi connectivity index (χ0) is 16.3. The summed E-state index contributed by atoms with van der Waals surface area (Å²) in [5.74, 6) is -0.214. The quantitative estimate of drug-likeness (QED) is 0.832. The third-order valence-electron chi connectivity index (χ3n) is 3.58. The van der Waals surface area contributed by atoms with Crippen molar-refractivity contribution in [1.82, 2.24) is 10.3 Å². The van der Waals surface area contributed by atoms with Crippen molar-refractivity contribution in [1.29, 1.82) is 0 Å². The van der Waals surface area contributed by atoms with E-state index in [1.54, 1.807) is 18.3 Å². The van der Waals surface area contributed by atoms with Gasteiger partial charge in [0.05, 0.1) is 16.7 Å². The zero-order valence-electron chi connectivity index (χ0n) is 12.9. The molecule has 0 radical (unpaired) electrons. The van der Waals surface area contributed by atoms with Crippen LogP contribution in [0.5, 0.6) is 0 Å². The van der Waals surface area contributed by atoms with Crippen LogP contribution in [0.1, 0.15) is 43.1 Å². The number of nitrogens with zero attached hydrogens (tertiary/aromatic N) is 1. The van der Waals surface area contributed by atoms with Crippen molar-refractivity contribution < 1.29 is 4.79 Å². The Labute approximate surface area is 143 Å². The van der Waals surface area contributed by atoms with Crippen molar-refractivity contribution >= 4 is 33.2 Å². The van der Waals surface area contributed by atoms with Gasteiger partial charge in [-0.2, -0.15) is 0 Å². The summed E-state index contributed by atoms with van der Waals surface area (Å²) in [4.78, 5) is 17.0. The fourth-order valence-corrected chi connectivity index (χ4v) is 3.14. The normalized spacial score (nSPS) is 15.1. The number of nitrogens with two attached hydrogens (primary N) is 1. The van der Waals surface area contributed by atoms with E-state index in [0.29, 0.717) is 0 Å². The number of benzene rings is 1. The monoisotopic (exact) mass is 381 g/mol. The van der Waals surface area contributed by atoms with Gasteiger partial charge in [0.2, 0.25) is 5.91 Å². The number of nitrogens with one attached hydrogen (secondary N) is 1. The van der Waals surface area contributed by atoms with Gasteiger partial charge in [-0.15, -0.1) is 11.3 Å². The predicted molar refractivity (Wildman–Crippen MR) is 93.7 cm³/mol. The van der Waals surface area contributed by atoms with Gasteiger partial charge in [0.15, 0.2) is 0 Å². The summed E-state index contributed by atoms with van der Waals surface area (Å²) < 4.78 is 0.954. The topological polar surface area (TPSA) is 68.0 Å². The summed E-state index contributed by atoms with van der Waals surface area (Å²) >= 11 is 4.99. The fourth-order valence-electron chi connectivity index (χ4n) is 2.03. The lowest BCUT2D eigenvalue weighted by atomic mass is 9.92. The maximum atomic E-state index is 12.5. The van der Waals surface area contributed by atoms with Gasteiger partial charge < -0.3 is 11.1 Å². The highest BCUT2D eigenvalue weighted by molar-refractivity contribution is 9.10. The maximum absolute atomic E-state index is 12.5. The molecule has 3 N–H and O–H groups in total. The van der Waals surface area contributed by atoms with Crippen molar-refractivity contribution in [2.75, 3.05) is 0 Å². The average molecular weight is 382 g/mol. The zero-order valence-corrected chi connectivity index (χ0v) is 15.3. The molecule has 0 bridgehead atoms. The first-order valence-electron chi connectivity index (χ1n) is 7.14. The lowest BCUT2D eigenvalue weighted by molar-refractivity contribution is -0.126. The predicted octanol–water partition coefficient (Wildman–Crippen LogP) is 3.52. The summed E-state index contributed by atoms with van der Waals surface area (Å²) in [6, 6.07) is 7.30. The van der Waals surface area contributed by atoms with Crippen LogP contribution < -0.4 is 11.1 Å². The number of amides is 1. The first-order chi connectivity index (χ1) is 10.3. The Hall–Kier alpha value is -1.24. The number of carbonyl (C=O) groups is 1. The highest BCUT2D eigenvalue weighted by atomic mass is 79.9. The molecule has 1 heterocycles. The van der Waals surface area contributed by atoms with Crippen molar-refractivity contribution in [3.63, 3.8) is 0 Å². The lowest BCUT2D eigenvalue weighted by Crippen LogP contribution is -2.49. The second kappa shape index (κ2) is 6.89. The average Bonchev–Trinajstić information content (AvgIpc) is 2.96. The Balaban J connectivity index is 2.11. The molecule has 2 unspecified atom stereocenters. The number of rotatable bonds is 5. The molecule has 6 heteroatoms. The third kappa shape index (κ3) is 3.74. The minimum absolute atomic E-state index is 0.164. The Morgan fingerprint density at radius 3 is 2.64 bits per heavy atom. The highest BCUT2D eigenvalue weighted by Gasteiger charge is 2.31. The molecule has 118 valence electrons. The van der Waals surface area contributed by atoms with Gasteiger partial charge in [-0.3, -0.25) is 4.79 Å². The van der Waals surface area contributed by atoms with Crippen molar-refractivity contribution in [3.8, 4) is 0 Å². The van der Waals surface area contributed by atoms with Crippen LogP contribution in [0.4, 0.5) is 0 Å². The Morgan fingerprint density at radius 2 is 2.09 bits per heavy atom. The van der Waals surface area contributed by atoms with Crippen LogP contribution in [0.15, 0.2) is 34.1 Å². The van der Waals surface area contributed by atoms with E-state index >= 15 is 0 Å². The Bertz CT molecular complexity index is 652. The van der Waals surface area contributed by atoms with E-state index in [9.17, 15) is 4.79 Å². The van der Waals surface area contributed by atoms with Crippen LogP contribution in [0, 0.1) is 0 Å². The lowest BCUT2D eigenvalue weighted by Gasteiger charge is -2.26. The number of hydrogen-bond acceptors (Lipinski definition) is 4. The van der Waals surface area contributed by atoms with Crippen molar-refractivity contribution in [3.05, 3.63) is 50.4 Å². The molecule has 2 rings (SSSR count). The molecule has 1 amide bonds. The molecule has 2 atom stereocenters. The number of halogens is 1. The molecule has 0 spiro atoms. The summed E-state index contributed by atoms with van der Waals surface area (Å²) in [5.41, 5.74) is 6.81. The fraction of sp³-hybridized carbons (Fsp3) is 0.375. The minimum atomic E-state index is -1.08. The number of hydrogen-bond donors (Lipinski definition) is 2. The van der Waals surface area contributed by atoms with Gasteiger partial charge in [0.25, 0.3) is 0 Å². The van der Waals surface area contributed by atoms with E-state index in [2.05, 4.69) is 33.2 Å². The number of carbonyl (C=O) groups excluding carboxylic acids is 1. The van der Waals surface area contributed by atoms with Gasteiger partial charge in [-0.1, -0.05) is 35.0 Å². The number of thiazole rings is 1. The second-order valence-electron chi connectivity index (χ2n) is 5.42. The first kappa shape index (κ1) is 17.1. The molecular formula is C16H20BrN3OS. The van der Waals surface area contributed by atoms with Crippen molar-refractivity contribution in [2.24, 2.45) is 5.73 Å². The molecule has 22 heavy (non-hydrogen) atoms. The van der Waals surface area contributed by atoms with Gasteiger partial charge in [0.1, 0.15) is 5.54 Å². The smallest absolute Gasteiger partial charge is 0.244 e. The number of aromatic nitrogens is 1. The summed E-state index contributed by atoms with van der Waals surface area (Å²) in [5, 5.41) is 6.01. The highest BCUT2D eigenvalue weighted by Crippen LogP contribution is 2.23. The summed E-state index contributed by atoms with van der Waals surface area (Å²) in [6.45, 7) is 5.71. The van der Waals surface area contributed by atoms with Gasteiger partial charge >= 0.3 is 0 Å². The third-order valence-corrected chi connectivity index (χ3v) is 5.12. The van der Waals surface area contributed by atoms with Gasteiger partial charge in [-0.25, -0.2) is 4.98 Å². The summed E-state index contributed by atoms with van der Waals surface area (Å²) in [7, 11) is 0. The Kier molecular flexibility index (Phi) is 5.36. The van der Waals surface area contributed by atoms with E-state index in [-0.39, 0.29) is 11.9 Å². The molecule has 0 fully saturated rings. The van der Waals surface area contributed by atoms with E-state index in [4.69, 9.17) is 5.73 Å². The molecule has 0 saturated heterocycles. The number of aryl methyl sites for hydroxylation is 1. The molecule has 2 aromatic rings. The molecule has 0 saturated carbocycles. The molecule has 1 aromatic heterocycles. The van der Waals surface area contributed by atoms with Crippen LogP contribution >= 0.6 is 27.3 Å². The van der Waals surface area contributed by atoms with Crippen LogP contribution in [0.25, 0.3) is 0 Å². The minimum Gasteiger partial charge on any atom is -0.346 e. The standard InChI is InChI=1S/C16H20BrN3OS/c1-4-14-20-13(9-22-14)10(2)19-15(21)16(3,18)11-5-7-12(17)8-6-11/h5-10H,4,18H2,1-3H3,(H,19,21). The molecule has 1 aromatic carbocycles. The van der Waals surface area contributed by atoms with Gasteiger partial charge in [-0.05, 0) is 38.0 Å². The van der Waals surface area contributed by atoms with Crippen LogP contribution in [0.3, 0.4) is 0 Å². The molecule has 0 aliphatic heterocycles. The van der Waals surface area contributed by atoms with Crippen LogP contribution in [-0.2, 0) is 16.8 Å². The van der Waals surface area contributed by atoms with E-state index in [0.717, 1.165) is 27.2 Å². The maximum Gasteiger partial charge on any atom is 0.244 e. The van der Waals surface area contributed by atoms with Crippen LogP contribution in [-0.4, -0.2) is 10.9 Å². The SMILES string of the molecule is CCc1nc(C(C)NC(=O)C(C)(N)c2ccc(Br)cc2)cs1. The van der Waals surface area contributed by atoms with Gasteiger partial charge in [0, 0.05) is 9.85 Å². The largest absolute Gasteiger partial charge is 0.346 e. The second-order valence-corrected chi connectivity index (χ2v) is 7.28. The van der Waals surface area contributed by atoms with E-state index in [1.165, 1.54) is 0 Å². The molecule has 0 aliphatic rings. The summed E-state index contributed by atoms with van der Waals surface area (Å²) in [6.07, 6.45) is 0.902. The Morgan fingerprint density at radius 1 is 1.45 bits per heavy atom. The van der Waals surface area contributed by atoms with Crippen molar-refractivity contribution in [2.45, 2.75) is 38.8 Å².